The van der Waals surface area contributed by atoms with Gasteiger partial charge in [0, 0.05) is 49.7 Å². The molecule has 3 aromatic rings. The van der Waals surface area contributed by atoms with Crippen molar-refractivity contribution in [3.63, 3.8) is 0 Å². The van der Waals surface area contributed by atoms with Gasteiger partial charge in [-0.3, -0.25) is 4.79 Å². The first-order valence-electron chi connectivity index (χ1n) is 16.8. The Labute approximate surface area is 292 Å². The minimum Gasteiger partial charge on any atom is -0.497 e. The monoisotopic (exact) mass is 693 g/mol. The molecule has 4 atom stereocenters. The number of rotatable bonds is 8. The van der Waals surface area contributed by atoms with E-state index >= 15 is 0 Å². The second kappa shape index (κ2) is 18.2. The average Bonchev–Trinajstić information content (AvgIpc) is 3.10. The zero-order valence-corrected chi connectivity index (χ0v) is 29.3. The number of nitrogens with zero attached hydrogens (tertiary/aromatic N) is 2. The van der Waals surface area contributed by atoms with Crippen LogP contribution in [0.15, 0.2) is 66.7 Å². The predicted octanol–water partition coefficient (Wildman–Crippen LogP) is 6.44. The van der Waals surface area contributed by atoms with E-state index in [0.29, 0.717) is 41.6 Å². The lowest BCUT2D eigenvalue weighted by Gasteiger charge is -2.35. The number of nitrogens with one attached hydrogen (secondary N) is 3. The van der Waals surface area contributed by atoms with E-state index in [-0.39, 0.29) is 43.3 Å². The van der Waals surface area contributed by atoms with Gasteiger partial charge in [0.2, 0.25) is 0 Å². The molecule has 0 aliphatic carbocycles. The summed E-state index contributed by atoms with van der Waals surface area (Å²) >= 11 is 0. The number of anilines is 3. The molecule has 13 heteroatoms. The van der Waals surface area contributed by atoms with Crippen molar-refractivity contribution in [1.29, 1.82) is 0 Å². The highest BCUT2D eigenvalue weighted by atomic mass is 19.1. The third-order valence-corrected chi connectivity index (χ3v) is 8.55. The fourth-order valence-electron chi connectivity index (χ4n) is 5.54. The SMILES string of the molecule is COc1ccc(NC(=O)Nc2ccc3c(c2)C(=O)N([C@@H](C)CO)C[C@H](C)[C@H](CN(C)C(=O)Nc2ccc(F)cc2)OCCCC[C@H](C)O3)cc1. The van der Waals surface area contributed by atoms with Crippen LogP contribution in [0.3, 0.4) is 0 Å². The number of hydrogen-bond acceptors (Lipinski definition) is 7. The molecule has 0 radical (unpaired) electrons. The van der Waals surface area contributed by atoms with E-state index in [9.17, 15) is 23.9 Å². The lowest BCUT2D eigenvalue weighted by atomic mass is 10.0. The topological polar surface area (TPSA) is 142 Å². The molecule has 0 saturated carbocycles. The summed E-state index contributed by atoms with van der Waals surface area (Å²) in [6.45, 7) is 6.19. The van der Waals surface area contributed by atoms with Crippen LogP contribution in [-0.4, -0.2) is 91.6 Å². The number of benzene rings is 3. The molecule has 12 nitrogen and oxygen atoms in total. The first-order chi connectivity index (χ1) is 24.0. The number of urea groups is 2. The molecule has 0 unspecified atom stereocenters. The maximum atomic E-state index is 14.4. The van der Waals surface area contributed by atoms with Gasteiger partial charge in [0.1, 0.15) is 17.3 Å². The van der Waals surface area contributed by atoms with Gasteiger partial charge in [-0.05, 0) is 99.8 Å². The van der Waals surface area contributed by atoms with Crippen molar-refractivity contribution in [2.24, 2.45) is 5.92 Å². The average molecular weight is 694 g/mol. The number of carbonyl (C=O) groups excluding carboxylic acids is 3. The van der Waals surface area contributed by atoms with Crippen LogP contribution in [0.2, 0.25) is 0 Å². The molecule has 0 bridgehead atoms. The molecule has 0 aromatic heterocycles. The first kappa shape index (κ1) is 37.9. The van der Waals surface area contributed by atoms with Crippen molar-refractivity contribution in [2.75, 3.05) is 56.4 Å². The van der Waals surface area contributed by atoms with E-state index in [1.54, 1.807) is 68.4 Å². The molecule has 50 heavy (non-hydrogen) atoms. The Hall–Kier alpha value is -4.88. The van der Waals surface area contributed by atoms with E-state index in [0.717, 1.165) is 12.8 Å². The van der Waals surface area contributed by atoms with E-state index in [1.807, 2.05) is 13.8 Å². The summed E-state index contributed by atoms with van der Waals surface area (Å²) in [6.07, 6.45) is 1.60. The number of fused-ring (bicyclic) bond motifs is 1. The van der Waals surface area contributed by atoms with E-state index in [4.69, 9.17) is 14.2 Å². The summed E-state index contributed by atoms with van der Waals surface area (Å²) in [5.41, 5.74) is 1.62. The number of ether oxygens (including phenoxy) is 3. The minimum absolute atomic E-state index is 0.198. The molecule has 3 aromatic carbocycles. The number of aliphatic hydroxyl groups excluding tert-OH is 1. The summed E-state index contributed by atoms with van der Waals surface area (Å²) in [4.78, 5) is 43.4. The lowest BCUT2D eigenvalue weighted by molar-refractivity contribution is -0.0115. The van der Waals surface area contributed by atoms with Crippen molar-refractivity contribution in [3.05, 3.63) is 78.1 Å². The van der Waals surface area contributed by atoms with Crippen molar-refractivity contribution in [1.82, 2.24) is 9.80 Å². The molecule has 1 aliphatic heterocycles. The minimum atomic E-state index is -0.571. The predicted molar refractivity (Wildman–Crippen MR) is 191 cm³/mol. The molecule has 5 amide bonds. The Bertz CT molecular complexity index is 1570. The van der Waals surface area contributed by atoms with Crippen LogP contribution >= 0.6 is 0 Å². The Morgan fingerprint density at radius 3 is 2.32 bits per heavy atom. The summed E-state index contributed by atoms with van der Waals surface area (Å²) in [6, 6.07) is 15.9. The van der Waals surface area contributed by atoms with Gasteiger partial charge in [-0.25, -0.2) is 14.0 Å². The van der Waals surface area contributed by atoms with E-state index in [1.165, 1.54) is 29.2 Å². The van der Waals surface area contributed by atoms with Crippen molar-refractivity contribution in [2.45, 2.75) is 58.3 Å². The number of aliphatic hydroxyl groups is 1. The van der Waals surface area contributed by atoms with Crippen LogP contribution in [-0.2, 0) is 4.74 Å². The second-order valence-electron chi connectivity index (χ2n) is 12.6. The van der Waals surface area contributed by atoms with Crippen LogP contribution in [0, 0.1) is 11.7 Å². The third-order valence-electron chi connectivity index (χ3n) is 8.55. The Morgan fingerprint density at radius 1 is 1.00 bits per heavy atom. The molecule has 4 N–H and O–H groups in total. The fourth-order valence-corrected chi connectivity index (χ4v) is 5.54. The molecule has 0 saturated heterocycles. The lowest BCUT2D eigenvalue weighted by Crippen LogP contribution is -2.48. The summed E-state index contributed by atoms with van der Waals surface area (Å²) in [7, 11) is 3.21. The van der Waals surface area contributed by atoms with Crippen molar-refractivity contribution in [3.8, 4) is 11.5 Å². The number of carbonyl (C=O) groups is 3. The zero-order chi connectivity index (χ0) is 36.2. The Kier molecular flexibility index (Phi) is 13.8. The standard InChI is InChI=1S/C37H48FN5O7/c1-24-21-43(25(2)23-44)35(45)32-20-30(40-36(46)39-28-13-16-31(48-5)17-14-28)15-18-33(32)50-26(3)8-6-7-19-49-34(24)22-42(4)37(47)41-29-11-9-27(38)10-12-29/h9-18,20,24-26,34,44H,6-8,19,21-23H2,1-5H3,(H,41,47)(H2,39,40,46)/t24-,25-,26-,34-/m0/s1. The number of hydrogen-bond donors (Lipinski definition) is 4. The maximum Gasteiger partial charge on any atom is 0.323 e. The van der Waals surface area contributed by atoms with Crippen LogP contribution in [0.1, 0.15) is 50.4 Å². The third kappa shape index (κ3) is 10.8. The molecular formula is C37H48FN5O7. The summed E-state index contributed by atoms with van der Waals surface area (Å²) < 4.78 is 31.1. The van der Waals surface area contributed by atoms with Gasteiger partial charge in [-0.15, -0.1) is 0 Å². The number of likely N-dealkylation sites (N-methyl/N-ethyl adjacent to an activating group) is 1. The second-order valence-corrected chi connectivity index (χ2v) is 12.6. The van der Waals surface area contributed by atoms with Gasteiger partial charge in [0.05, 0.1) is 37.5 Å². The molecule has 1 heterocycles. The van der Waals surface area contributed by atoms with Crippen LogP contribution in [0.5, 0.6) is 11.5 Å². The fraction of sp³-hybridized carbons (Fsp3) is 0.432. The molecule has 0 fully saturated rings. The van der Waals surface area contributed by atoms with Crippen molar-refractivity contribution >= 4 is 35.0 Å². The van der Waals surface area contributed by atoms with Gasteiger partial charge in [-0.1, -0.05) is 6.92 Å². The van der Waals surface area contributed by atoms with E-state index in [2.05, 4.69) is 16.0 Å². The van der Waals surface area contributed by atoms with Crippen LogP contribution < -0.4 is 25.4 Å². The normalized spacial score (nSPS) is 19.2. The largest absolute Gasteiger partial charge is 0.497 e. The Morgan fingerprint density at radius 2 is 1.64 bits per heavy atom. The van der Waals surface area contributed by atoms with Crippen molar-refractivity contribution < 1.29 is 38.1 Å². The summed E-state index contributed by atoms with van der Waals surface area (Å²) in [5.74, 6) is -0.0349. The highest BCUT2D eigenvalue weighted by Crippen LogP contribution is 2.29. The molecule has 4 rings (SSSR count). The Balaban J connectivity index is 1.56. The number of methoxy groups -OCH3 is 1. The summed E-state index contributed by atoms with van der Waals surface area (Å²) in [5, 5.41) is 18.6. The quantitative estimate of drug-likeness (QED) is 0.213. The highest BCUT2D eigenvalue weighted by Gasteiger charge is 2.31. The van der Waals surface area contributed by atoms with E-state index < -0.39 is 29.9 Å². The van der Waals surface area contributed by atoms with Gasteiger partial charge < -0.3 is 45.1 Å². The van der Waals surface area contributed by atoms with Gasteiger partial charge in [0.25, 0.3) is 5.91 Å². The number of amides is 5. The van der Waals surface area contributed by atoms with Crippen LogP contribution in [0.4, 0.5) is 31.0 Å². The highest BCUT2D eigenvalue weighted by molar-refractivity contribution is 6.02. The molecule has 270 valence electrons. The smallest absolute Gasteiger partial charge is 0.323 e. The molecule has 0 spiro atoms. The van der Waals surface area contributed by atoms with Gasteiger partial charge in [-0.2, -0.15) is 0 Å². The number of halogens is 1. The first-order valence-corrected chi connectivity index (χ1v) is 16.8. The van der Waals surface area contributed by atoms with Gasteiger partial charge in [0.15, 0.2) is 0 Å². The molecular weight excluding hydrogens is 645 g/mol. The molecule has 1 aliphatic rings. The zero-order valence-electron chi connectivity index (χ0n) is 29.3. The van der Waals surface area contributed by atoms with Gasteiger partial charge >= 0.3 is 12.1 Å². The van der Waals surface area contributed by atoms with Crippen LogP contribution in [0.25, 0.3) is 0 Å². The maximum absolute atomic E-state index is 14.4.